The minimum absolute atomic E-state index is 0.139. The Balaban J connectivity index is 0.00000245. The van der Waals surface area contributed by atoms with Crippen molar-refractivity contribution in [2.45, 2.75) is 77.9 Å². The van der Waals surface area contributed by atoms with E-state index >= 15 is 0 Å². The van der Waals surface area contributed by atoms with Crippen LogP contribution < -0.4 is 14.4 Å². The molecule has 0 spiro atoms. The molecule has 9 heteroatoms. The Morgan fingerprint density at radius 2 is 1.89 bits per heavy atom. The summed E-state index contributed by atoms with van der Waals surface area (Å²) in [6.45, 7) is 14.2. The number of amides is 1. The lowest BCUT2D eigenvalue weighted by atomic mass is 9.66. The van der Waals surface area contributed by atoms with Crippen LogP contribution in [0, 0.1) is 23.7 Å². The predicted octanol–water partition coefficient (Wildman–Crippen LogP) is 7.98. The summed E-state index contributed by atoms with van der Waals surface area (Å²) in [7, 11) is 0.182. The molecular weight excluding hydrogens is 632 g/mol. The Hall–Kier alpha value is -2.39. The van der Waals surface area contributed by atoms with E-state index in [0.29, 0.717) is 49.7 Å². The molecule has 260 valence electrons. The van der Waals surface area contributed by atoms with Crippen LogP contribution in [0.25, 0.3) is 0 Å². The second-order valence-corrected chi connectivity index (χ2v) is 15.0. The van der Waals surface area contributed by atoms with Gasteiger partial charge in [-0.2, -0.15) is 0 Å². The van der Waals surface area contributed by atoms with Crippen molar-refractivity contribution >= 4 is 34.2 Å². The van der Waals surface area contributed by atoms with Crippen molar-refractivity contribution < 1.29 is 23.2 Å². The summed E-state index contributed by atoms with van der Waals surface area (Å²) in [6.07, 6.45) is 9.65. The van der Waals surface area contributed by atoms with Crippen molar-refractivity contribution in [2.24, 2.45) is 23.7 Å². The number of ether oxygens (including phenoxy) is 3. The summed E-state index contributed by atoms with van der Waals surface area (Å²) in [4.78, 5) is 15.8. The van der Waals surface area contributed by atoms with Crippen LogP contribution in [-0.4, -0.2) is 62.0 Å². The Morgan fingerprint density at radius 3 is 2.62 bits per heavy atom. The normalized spacial score (nSPS) is 28.4. The third kappa shape index (κ3) is 9.62. The zero-order chi connectivity index (χ0) is 33.9. The largest absolute Gasteiger partial charge is 0.491 e. The van der Waals surface area contributed by atoms with E-state index in [1.165, 1.54) is 11.1 Å². The molecule has 2 aromatic carbocycles. The van der Waals surface area contributed by atoms with E-state index in [2.05, 4.69) is 47.8 Å². The van der Waals surface area contributed by atoms with Crippen LogP contribution >= 0.6 is 11.6 Å². The molecule has 7 unspecified atom stereocenters. The summed E-state index contributed by atoms with van der Waals surface area (Å²) in [5.74, 6) is 1.99. The number of halogens is 1. The molecular formula is C38H55ClN2O5S. The van der Waals surface area contributed by atoms with Gasteiger partial charge in [-0.05, 0) is 91.8 Å². The molecule has 47 heavy (non-hydrogen) atoms. The maximum Gasteiger partial charge on any atom is 0.263 e. The summed E-state index contributed by atoms with van der Waals surface area (Å²) in [6, 6.07) is 11.9. The van der Waals surface area contributed by atoms with Crippen LogP contribution in [0.2, 0.25) is 5.02 Å². The Labute approximate surface area is 290 Å². The topological polar surface area (TPSA) is 77.1 Å². The van der Waals surface area contributed by atoms with E-state index in [-0.39, 0.29) is 23.0 Å². The number of benzene rings is 2. The van der Waals surface area contributed by atoms with Gasteiger partial charge in [-0.1, -0.05) is 63.9 Å². The van der Waals surface area contributed by atoms with Crippen LogP contribution in [0.15, 0.2) is 48.6 Å². The van der Waals surface area contributed by atoms with Gasteiger partial charge >= 0.3 is 0 Å². The van der Waals surface area contributed by atoms with E-state index in [1.54, 1.807) is 13.2 Å². The number of methoxy groups -OCH3 is 1. The molecule has 2 aliphatic heterocycles. The average Bonchev–Trinajstić information content (AvgIpc) is 3.24. The molecule has 0 aromatic heterocycles. The molecule has 1 fully saturated rings. The highest BCUT2D eigenvalue weighted by molar-refractivity contribution is 7.84. The molecule has 0 saturated heterocycles. The number of allylic oxidation sites excluding steroid dienone is 1. The molecule has 1 aliphatic carbocycles. The number of hydrogen-bond acceptors (Lipinski definition) is 6. The Kier molecular flexibility index (Phi) is 14.6. The first-order chi connectivity index (χ1) is 22.8. The Morgan fingerprint density at radius 1 is 1.09 bits per heavy atom. The second kappa shape index (κ2) is 18.4. The fraction of sp³-hybridized carbons (Fsp3) is 0.605. The average molecular weight is 687 g/mol. The summed E-state index contributed by atoms with van der Waals surface area (Å²) in [5, 5.41) is 0.559. The van der Waals surface area contributed by atoms with Gasteiger partial charge in [0.05, 0.1) is 37.4 Å². The van der Waals surface area contributed by atoms with Gasteiger partial charge in [0.2, 0.25) is 0 Å². The summed E-state index contributed by atoms with van der Waals surface area (Å²) < 4.78 is 33.8. The van der Waals surface area contributed by atoms with Crippen molar-refractivity contribution in [3.63, 3.8) is 0 Å². The lowest BCUT2D eigenvalue weighted by Gasteiger charge is -2.44. The zero-order valence-corrected chi connectivity index (χ0v) is 30.7. The van der Waals surface area contributed by atoms with E-state index in [0.717, 1.165) is 61.7 Å². The van der Waals surface area contributed by atoms with Crippen molar-refractivity contribution in [2.75, 3.05) is 51.5 Å². The second-order valence-electron chi connectivity index (χ2n) is 13.0. The number of fused-ring (bicyclic) bond motifs is 2. The fourth-order valence-electron chi connectivity index (χ4n) is 6.92. The number of rotatable bonds is 8. The molecule has 1 saturated carbocycles. The monoisotopic (exact) mass is 686 g/mol. The van der Waals surface area contributed by atoms with Crippen LogP contribution in [-0.2, 0) is 26.9 Å². The first-order valence-corrected chi connectivity index (χ1v) is 19.1. The smallest absolute Gasteiger partial charge is 0.263 e. The number of nitrogens with one attached hydrogen (secondary N) is 1. The minimum atomic E-state index is -1.52. The minimum Gasteiger partial charge on any atom is -0.491 e. The van der Waals surface area contributed by atoms with E-state index in [4.69, 9.17) is 25.8 Å². The molecule has 3 aliphatic rings. The molecule has 0 radical (unpaired) electrons. The predicted molar refractivity (Wildman–Crippen MR) is 194 cm³/mol. The van der Waals surface area contributed by atoms with Crippen LogP contribution in [0.3, 0.4) is 0 Å². The molecule has 7 nitrogen and oxygen atoms in total. The van der Waals surface area contributed by atoms with Crippen molar-refractivity contribution in [3.8, 4) is 5.75 Å². The standard InChI is InChI=1S/C36H49ClN2O5S.C2H6/c1-5-7-26-18-31(37)12-14-32(26)30-21-39-20-28-10-13-33(28)29(22-43-17-16-42-4)9-6-8-24(2)25(3)45(41)38-36(40)27-11-15-35(44-23-30)34(39)19-27;1-2/h6,9,11-12,14-15,18-19,24-25,28-30,33H,5,7-8,10,13,16-17,20-23H2,1-4H3,(H,38,40);1-2H3/b9-6+;. The van der Waals surface area contributed by atoms with E-state index in [1.807, 2.05) is 39.0 Å². The van der Waals surface area contributed by atoms with Gasteiger partial charge in [0.15, 0.2) is 0 Å². The molecule has 2 bridgehead atoms. The summed E-state index contributed by atoms with van der Waals surface area (Å²) >= 11 is 6.44. The molecule has 1 N–H and O–H groups in total. The van der Waals surface area contributed by atoms with Gasteiger partial charge in [-0.3, -0.25) is 9.52 Å². The van der Waals surface area contributed by atoms with Gasteiger partial charge in [0, 0.05) is 42.6 Å². The number of carbonyl (C=O) groups excluding carboxylic acids is 1. The van der Waals surface area contributed by atoms with E-state index in [9.17, 15) is 9.00 Å². The quantitative estimate of drug-likeness (QED) is 0.224. The number of carbonyl (C=O) groups is 1. The third-order valence-corrected chi connectivity index (χ3v) is 11.7. The van der Waals surface area contributed by atoms with Gasteiger partial charge in [0.1, 0.15) is 16.7 Å². The number of aryl methyl sites for hydroxylation is 1. The summed E-state index contributed by atoms with van der Waals surface area (Å²) in [5.41, 5.74) is 3.96. The first-order valence-electron chi connectivity index (χ1n) is 17.5. The number of nitrogens with zero attached hydrogens (tertiary/aromatic N) is 1. The van der Waals surface area contributed by atoms with Gasteiger partial charge < -0.3 is 19.1 Å². The maximum atomic E-state index is 13.4. The molecule has 2 aromatic rings. The highest BCUT2D eigenvalue weighted by Crippen LogP contribution is 2.44. The van der Waals surface area contributed by atoms with Crippen molar-refractivity contribution in [1.82, 2.24) is 4.72 Å². The first kappa shape index (κ1) is 37.4. The molecule has 2 heterocycles. The van der Waals surface area contributed by atoms with Crippen LogP contribution in [0.4, 0.5) is 5.69 Å². The highest BCUT2D eigenvalue weighted by atomic mass is 35.5. The molecule has 1 amide bonds. The van der Waals surface area contributed by atoms with Crippen LogP contribution in [0.1, 0.15) is 87.7 Å². The van der Waals surface area contributed by atoms with E-state index < -0.39 is 11.0 Å². The fourth-order valence-corrected chi connectivity index (χ4v) is 8.13. The number of hydrogen-bond donors (Lipinski definition) is 1. The van der Waals surface area contributed by atoms with Gasteiger partial charge in [-0.15, -0.1) is 0 Å². The third-order valence-electron chi connectivity index (χ3n) is 9.95. The van der Waals surface area contributed by atoms with Gasteiger partial charge in [-0.25, -0.2) is 4.21 Å². The molecule has 7 atom stereocenters. The van der Waals surface area contributed by atoms with Crippen molar-refractivity contribution in [1.29, 1.82) is 0 Å². The van der Waals surface area contributed by atoms with Crippen LogP contribution in [0.5, 0.6) is 5.75 Å². The molecule has 5 rings (SSSR count). The van der Waals surface area contributed by atoms with Gasteiger partial charge in [0.25, 0.3) is 5.91 Å². The highest BCUT2D eigenvalue weighted by Gasteiger charge is 2.39. The zero-order valence-electron chi connectivity index (χ0n) is 29.1. The SMILES string of the molecule is CC.CCCc1cc(Cl)ccc1C1COc2ccc3cc2N(C1)CC1CCC1C(COCCOC)/C=C/CC(C)C(C)S(=O)NC3=O. The van der Waals surface area contributed by atoms with Crippen molar-refractivity contribution in [3.05, 3.63) is 70.3 Å². The lowest BCUT2D eigenvalue weighted by Crippen LogP contribution is -2.43. The maximum absolute atomic E-state index is 13.4. The lowest BCUT2D eigenvalue weighted by molar-refractivity contribution is 0.0224. The Bertz CT molecular complexity index is 1370. The number of anilines is 1.